The van der Waals surface area contributed by atoms with E-state index in [2.05, 4.69) is 15.9 Å². The number of ether oxygens (including phenoxy) is 2. The van der Waals surface area contributed by atoms with E-state index in [9.17, 15) is 10.1 Å². The molecule has 5 nitrogen and oxygen atoms in total. The smallest absolute Gasteiger partial charge is 0.311 e. The Balaban J connectivity index is 2.15. The average Bonchev–Trinajstić information content (AvgIpc) is 2.44. The van der Waals surface area contributed by atoms with Crippen LogP contribution in [0, 0.1) is 10.1 Å². The SMILES string of the molecule is CCOC1C(Br)CC1Oc1ccc(CC)cc1[N+](=O)[O-]. The molecule has 0 amide bonds. The van der Waals surface area contributed by atoms with Gasteiger partial charge in [-0.15, -0.1) is 0 Å². The van der Waals surface area contributed by atoms with Crippen LogP contribution in [0.1, 0.15) is 25.8 Å². The van der Waals surface area contributed by atoms with Crippen molar-refractivity contribution in [1.82, 2.24) is 0 Å². The van der Waals surface area contributed by atoms with Gasteiger partial charge in [-0.2, -0.15) is 0 Å². The lowest BCUT2D eigenvalue weighted by Gasteiger charge is -2.40. The molecule has 0 radical (unpaired) electrons. The lowest BCUT2D eigenvalue weighted by Crippen LogP contribution is -2.52. The molecule has 1 saturated carbocycles. The van der Waals surface area contributed by atoms with Gasteiger partial charge in [0.2, 0.25) is 0 Å². The Morgan fingerprint density at radius 1 is 1.45 bits per heavy atom. The predicted molar refractivity (Wildman–Crippen MR) is 79.6 cm³/mol. The highest BCUT2D eigenvalue weighted by Gasteiger charge is 2.43. The van der Waals surface area contributed by atoms with Crippen LogP contribution in [0.25, 0.3) is 0 Å². The van der Waals surface area contributed by atoms with Crippen molar-refractivity contribution >= 4 is 21.6 Å². The number of nitro benzene ring substituents is 1. The maximum atomic E-state index is 11.1. The first-order valence-corrected chi connectivity index (χ1v) is 7.68. The van der Waals surface area contributed by atoms with Crippen molar-refractivity contribution in [1.29, 1.82) is 0 Å². The summed E-state index contributed by atoms with van der Waals surface area (Å²) in [7, 11) is 0. The van der Waals surface area contributed by atoms with Gasteiger partial charge in [0, 0.05) is 23.9 Å². The molecular formula is C14H18BrNO4. The first kappa shape index (κ1) is 15.3. The van der Waals surface area contributed by atoms with Crippen molar-refractivity contribution in [2.75, 3.05) is 6.61 Å². The van der Waals surface area contributed by atoms with E-state index in [0.717, 1.165) is 18.4 Å². The second-order valence-corrected chi connectivity index (χ2v) is 5.92. The van der Waals surface area contributed by atoms with E-state index in [0.29, 0.717) is 12.4 Å². The molecule has 0 aliphatic heterocycles. The van der Waals surface area contributed by atoms with Crippen molar-refractivity contribution < 1.29 is 14.4 Å². The fourth-order valence-electron chi connectivity index (χ4n) is 2.23. The zero-order valence-electron chi connectivity index (χ0n) is 11.5. The number of hydrogen-bond acceptors (Lipinski definition) is 4. The van der Waals surface area contributed by atoms with E-state index >= 15 is 0 Å². The van der Waals surface area contributed by atoms with Crippen LogP contribution in [0.15, 0.2) is 18.2 Å². The van der Waals surface area contributed by atoms with Crippen molar-refractivity contribution in [3.63, 3.8) is 0 Å². The summed E-state index contributed by atoms with van der Waals surface area (Å²) in [6, 6.07) is 5.12. The van der Waals surface area contributed by atoms with Gasteiger partial charge in [-0.25, -0.2) is 0 Å². The Morgan fingerprint density at radius 2 is 2.20 bits per heavy atom. The molecule has 0 aromatic heterocycles. The number of aryl methyl sites for hydroxylation is 1. The summed E-state index contributed by atoms with van der Waals surface area (Å²) >= 11 is 3.51. The van der Waals surface area contributed by atoms with Gasteiger partial charge in [-0.05, 0) is 25.0 Å². The summed E-state index contributed by atoms with van der Waals surface area (Å²) in [5, 5.41) is 11.1. The number of alkyl halides is 1. The van der Waals surface area contributed by atoms with E-state index in [1.54, 1.807) is 12.1 Å². The zero-order valence-corrected chi connectivity index (χ0v) is 13.1. The van der Waals surface area contributed by atoms with E-state index in [4.69, 9.17) is 9.47 Å². The van der Waals surface area contributed by atoms with Gasteiger partial charge in [0.05, 0.1) is 4.92 Å². The van der Waals surface area contributed by atoms with Gasteiger partial charge in [-0.3, -0.25) is 10.1 Å². The van der Waals surface area contributed by atoms with Crippen LogP contribution in [0.2, 0.25) is 0 Å². The molecule has 0 saturated heterocycles. The molecule has 1 aromatic carbocycles. The molecule has 0 bridgehead atoms. The first-order chi connectivity index (χ1) is 9.56. The predicted octanol–water partition coefficient (Wildman–Crippen LogP) is 3.48. The summed E-state index contributed by atoms with van der Waals surface area (Å²) in [6.45, 7) is 4.49. The molecule has 2 rings (SSSR count). The molecule has 1 aromatic rings. The molecule has 0 N–H and O–H groups in total. The van der Waals surface area contributed by atoms with E-state index in [1.165, 1.54) is 0 Å². The van der Waals surface area contributed by atoms with Crippen LogP contribution < -0.4 is 4.74 Å². The van der Waals surface area contributed by atoms with Gasteiger partial charge in [0.15, 0.2) is 5.75 Å². The normalized spacial score (nSPS) is 25.1. The Kier molecular flexibility index (Phi) is 4.99. The van der Waals surface area contributed by atoms with Crippen LogP contribution in [0.5, 0.6) is 5.75 Å². The monoisotopic (exact) mass is 343 g/mol. The number of benzene rings is 1. The summed E-state index contributed by atoms with van der Waals surface area (Å²) < 4.78 is 11.4. The molecule has 3 unspecified atom stereocenters. The Labute approximate surface area is 126 Å². The molecule has 110 valence electrons. The highest BCUT2D eigenvalue weighted by atomic mass is 79.9. The topological polar surface area (TPSA) is 61.6 Å². The van der Waals surface area contributed by atoms with E-state index < -0.39 is 4.92 Å². The average molecular weight is 344 g/mol. The maximum absolute atomic E-state index is 11.1. The number of nitrogens with zero attached hydrogens (tertiary/aromatic N) is 1. The fourth-order valence-corrected chi connectivity index (χ4v) is 3.10. The molecule has 1 fully saturated rings. The quantitative estimate of drug-likeness (QED) is 0.450. The molecule has 1 aliphatic carbocycles. The molecule has 20 heavy (non-hydrogen) atoms. The maximum Gasteiger partial charge on any atom is 0.311 e. The van der Waals surface area contributed by atoms with Gasteiger partial charge in [0.1, 0.15) is 12.2 Å². The number of halogens is 1. The molecule has 6 heteroatoms. The van der Waals surface area contributed by atoms with Gasteiger partial charge in [-0.1, -0.05) is 28.9 Å². The lowest BCUT2D eigenvalue weighted by atomic mass is 9.91. The van der Waals surface area contributed by atoms with Crippen molar-refractivity contribution in [2.45, 2.75) is 43.7 Å². The molecule has 3 atom stereocenters. The van der Waals surface area contributed by atoms with Gasteiger partial charge >= 0.3 is 5.69 Å². The van der Waals surface area contributed by atoms with E-state index in [1.807, 2.05) is 19.9 Å². The Hall–Kier alpha value is -1.14. The lowest BCUT2D eigenvalue weighted by molar-refractivity contribution is -0.386. The van der Waals surface area contributed by atoms with Crippen LogP contribution in [0.3, 0.4) is 0 Å². The fraction of sp³-hybridized carbons (Fsp3) is 0.571. The number of rotatable bonds is 6. The summed E-state index contributed by atoms with van der Waals surface area (Å²) in [5.74, 6) is 0.321. The second kappa shape index (κ2) is 6.54. The van der Waals surface area contributed by atoms with Crippen molar-refractivity contribution in [3.05, 3.63) is 33.9 Å². The Morgan fingerprint density at radius 3 is 2.75 bits per heavy atom. The Bertz CT molecular complexity index is 494. The van der Waals surface area contributed by atoms with Crippen LogP contribution in [-0.2, 0) is 11.2 Å². The summed E-state index contributed by atoms with van der Waals surface area (Å²) in [6.07, 6.45) is 1.36. The summed E-state index contributed by atoms with van der Waals surface area (Å²) in [5.41, 5.74) is 0.954. The molecule has 0 heterocycles. The second-order valence-electron chi connectivity index (χ2n) is 4.74. The van der Waals surface area contributed by atoms with Gasteiger partial charge in [0.25, 0.3) is 0 Å². The first-order valence-electron chi connectivity index (χ1n) is 6.76. The zero-order chi connectivity index (χ0) is 14.7. The van der Waals surface area contributed by atoms with Crippen molar-refractivity contribution in [3.8, 4) is 5.75 Å². The van der Waals surface area contributed by atoms with E-state index in [-0.39, 0.29) is 22.7 Å². The summed E-state index contributed by atoms with van der Waals surface area (Å²) in [4.78, 5) is 11.0. The third-order valence-electron chi connectivity index (χ3n) is 3.45. The molecular weight excluding hydrogens is 326 g/mol. The van der Waals surface area contributed by atoms with Crippen LogP contribution >= 0.6 is 15.9 Å². The number of nitro groups is 1. The minimum absolute atomic E-state index is 0.0256. The number of hydrogen-bond donors (Lipinski definition) is 0. The van der Waals surface area contributed by atoms with Crippen molar-refractivity contribution in [2.24, 2.45) is 0 Å². The van der Waals surface area contributed by atoms with Crippen LogP contribution in [-0.4, -0.2) is 28.6 Å². The third-order valence-corrected chi connectivity index (χ3v) is 4.34. The largest absolute Gasteiger partial charge is 0.481 e. The van der Waals surface area contributed by atoms with Crippen LogP contribution in [0.4, 0.5) is 5.69 Å². The highest BCUT2D eigenvalue weighted by Crippen LogP contribution is 2.37. The highest BCUT2D eigenvalue weighted by molar-refractivity contribution is 9.09. The minimum atomic E-state index is -0.394. The minimum Gasteiger partial charge on any atom is -0.481 e. The molecule has 0 spiro atoms. The van der Waals surface area contributed by atoms with Gasteiger partial charge < -0.3 is 9.47 Å². The molecule has 1 aliphatic rings. The standard InChI is InChI=1S/C14H18BrNO4/c1-3-9-5-6-12(11(7-9)16(17)18)20-13-8-10(15)14(13)19-4-2/h5-7,10,13-14H,3-4,8H2,1-2H3. The third kappa shape index (κ3) is 3.12.